The molecule has 2 aromatic rings. The van der Waals surface area contributed by atoms with E-state index in [-0.39, 0.29) is 0 Å². The number of allylic oxidation sites excluding steroid dienone is 2. The van der Waals surface area contributed by atoms with Gasteiger partial charge in [-0.3, -0.25) is 4.98 Å². The number of aromatic nitrogens is 3. The standard InChI is InChI=1S/C23H27N5S/c1-17(15-29-16-20(14-24)23-26-9-3-10-27-23)22(19-5-6-19)28-13-2-4-21(28)18-7-11-25-12-8-18/h3,7-12,14-15,21H,2,4-6,13,16,24H2,1H3/b17-15+,20-14?. The topological polar surface area (TPSA) is 67.9 Å². The molecule has 3 heterocycles. The number of pyridine rings is 1. The number of nitrogens with two attached hydrogens (primary N) is 1. The average molecular weight is 406 g/mol. The van der Waals surface area contributed by atoms with Gasteiger partial charge in [0, 0.05) is 54.6 Å². The van der Waals surface area contributed by atoms with E-state index >= 15 is 0 Å². The quantitative estimate of drug-likeness (QED) is 0.720. The molecule has 1 unspecified atom stereocenters. The number of rotatable bonds is 7. The lowest BCUT2D eigenvalue weighted by Gasteiger charge is -2.30. The Kier molecular flexibility index (Phi) is 6.30. The summed E-state index contributed by atoms with van der Waals surface area (Å²) >= 11 is 1.76. The van der Waals surface area contributed by atoms with Crippen LogP contribution in [0.4, 0.5) is 0 Å². The van der Waals surface area contributed by atoms with Crippen molar-refractivity contribution in [3.05, 3.63) is 82.8 Å². The van der Waals surface area contributed by atoms with E-state index in [1.807, 2.05) is 18.5 Å². The van der Waals surface area contributed by atoms with Gasteiger partial charge in [0.05, 0.1) is 6.04 Å². The maximum absolute atomic E-state index is 5.82. The van der Waals surface area contributed by atoms with Crippen LogP contribution >= 0.6 is 11.8 Å². The van der Waals surface area contributed by atoms with Gasteiger partial charge in [0.15, 0.2) is 5.82 Å². The van der Waals surface area contributed by atoms with Crippen LogP contribution in [0, 0.1) is 0 Å². The lowest BCUT2D eigenvalue weighted by Crippen LogP contribution is -2.23. The minimum absolute atomic E-state index is 0.451. The highest BCUT2D eigenvalue weighted by atomic mass is 32.2. The molecule has 6 heteroatoms. The Morgan fingerprint density at radius 1 is 1.21 bits per heavy atom. The zero-order valence-electron chi connectivity index (χ0n) is 16.8. The van der Waals surface area contributed by atoms with Crippen molar-refractivity contribution in [3.8, 4) is 0 Å². The highest BCUT2D eigenvalue weighted by molar-refractivity contribution is 8.02. The van der Waals surface area contributed by atoms with Crippen LogP contribution in [-0.4, -0.2) is 32.1 Å². The molecule has 2 aliphatic rings. The van der Waals surface area contributed by atoms with Crippen LogP contribution in [0.1, 0.15) is 50.0 Å². The van der Waals surface area contributed by atoms with Crippen LogP contribution in [0.5, 0.6) is 0 Å². The van der Waals surface area contributed by atoms with Crippen molar-refractivity contribution in [1.82, 2.24) is 19.9 Å². The summed E-state index contributed by atoms with van der Waals surface area (Å²) in [4.78, 5) is 15.4. The molecule has 4 rings (SSSR count). The van der Waals surface area contributed by atoms with Gasteiger partial charge in [0.2, 0.25) is 0 Å². The van der Waals surface area contributed by atoms with E-state index in [2.05, 4.69) is 44.3 Å². The second kappa shape index (κ2) is 9.27. The first-order valence-electron chi connectivity index (χ1n) is 10.1. The van der Waals surface area contributed by atoms with E-state index in [1.165, 1.54) is 42.5 Å². The van der Waals surface area contributed by atoms with Crippen LogP contribution in [0.3, 0.4) is 0 Å². The zero-order valence-corrected chi connectivity index (χ0v) is 17.6. The van der Waals surface area contributed by atoms with Gasteiger partial charge in [-0.25, -0.2) is 9.97 Å². The Hall–Kier alpha value is -2.60. The summed E-state index contributed by atoms with van der Waals surface area (Å²) in [6.07, 6.45) is 13.8. The van der Waals surface area contributed by atoms with Gasteiger partial charge in [0.1, 0.15) is 0 Å². The third-order valence-corrected chi connectivity index (χ3v) is 6.39. The van der Waals surface area contributed by atoms with Gasteiger partial charge in [-0.1, -0.05) is 0 Å². The molecule has 0 bridgehead atoms. The Balaban J connectivity index is 1.49. The molecule has 5 nitrogen and oxygen atoms in total. The third-order valence-electron chi connectivity index (χ3n) is 5.39. The van der Waals surface area contributed by atoms with Gasteiger partial charge >= 0.3 is 0 Å². The van der Waals surface area contributed by atoms with Crippen molar-refractivity contribution < 1.29 is 0 Å². The molecule has 1 aliphatic carbocycles. The van der Waals surface area contributed by atoms with Gasteiger partial charge < -0.3 is 10.6 Å². The molecule has 1 saturated heterocycles. The number of thioether (sulfide) groups is 1. The van der Waals surface area contributed by atoms with E-state index < -0.39 is 0 Å². The fraction of sp³-hybridized carbons (Fsp3) is 0.348. The fourth-order valence-corrected chi connectivity index (χ4v) is 4.79. The summed E-state index contributed by atoms with van der Waals surface area (Å²) in [6, 6.07) is 6.58. The molecule has 0 aromatic carbocycles. The minimum Gasteiger partial charge on any atom is -0.404 e. The third kappa shape index (κ3) is 4.70. The van der Waals surface area contributed by atoms with Crippen molar-refractivity contribution in [2.75, 3.05) is 12.3 Å². The summed E-state index contributed by atoms with van der Waals surface area (Å²) in [5.41, 5.74) is 12.5. The maximum Gasteiger partial charge on any atom is 0.157 e. The Labute approximate surface area is 176 Å². The molecule has 2 aromatic heterocycles. The van der Waals surface area contributed by atoms with E-state index in [9.17, 15) is 0 Å². The van der Waals surface area contributed by atoms with E-state index in [1.54, 1.807) is 35.9 Å². The van der Waals surface area contributed by atoms with Crippen LogP contribution in [0.2, 0.25) is 0 Å². The second-order valence-corrected chi connectivity index (χ2v) is 8.32. The lowest BCUT2D eigenvalue weighted by molar-refractivity contribution is 0.331. The highest BCUT2D eigenvalue weighted by Gasteiger charge is 2.32. The number of nitrogens with zero attached hydrogens (tertiary/aromatic N) is 4. The summed E-state index contributed by atoms with van der Waals surface area (Å²) in [7, 11) is 0. The summed E-state index contributed by atoms with van der Waals surface area (Å²) < 4.78 is 0. The largest absolute Gasteiger partial charge is 0.404 e. The molecule has 0 spiro atoms. The van der Waals surface area contributed by atoms with E-state index in [4.69, 9.17) is 5.73 Å². The molecular formula is C23H27N5S. The van der Waals surface area contributed by atoms with Crippen molar-refractivity contribution in [1.29, 1.82) is 0 Å². The highest BCUT2D eigenvalue weighted by Crippen LogP contribution is 2.43. The normalized spacial score (nSPS) is 19.6. The van der Waals surface area contributed by atoms with Gasteiger partial charge in [-0.05, 0) is 72.9 Å². The lowest BCUT2D eigenvalue weighted by atomic mass is 10.0. The molecule has 29 heavy (non-hydrogen) atoms. The van der Waals surface area contributed by atoms with Crippen molar-refractivity contribution in [2.24, 2.45) is 5.73 Å². The van der Waals surface area contributed by atoms with Gasteiger partial charge in [0.25, 0.3) is 0 Å². The van der Waals surface area contributed by atoms with Gasteiger partial charge in [-0.2, -0.15) is 0 Å². The van der Waals surface area contributed by atoms with Gasteiger partial charge in [-0.15, -0.1) is 11.8 Å². The molecule has 2 N–H and O–H groups in total. The number of likely N-dealkylation sites (tertiary alicyclic amines) is 1. The summed E-state index contributed by atoms with van der Waals surface area (Å²) in [5, 5.41) is 2.27. The van der Waals surface area contributed by atoms with Crippen LogP contribution in [0.25, 0.3) is 5.57 Å². The summed E-state index contributed by atoms with van der Waals surface area (Å²) in [6.45, 7) is 3.36. The minimum atomic E-state index is 0.451. The number of hydrogen-bond acceptors (Lipinski definition) is 6. The fourth-order valence-electron chi connectivity index (χ4n) is 3.94. The Morgan fingerprint density at radius 2 is 1.97 bits per heavy atom. The van der Waals surface area contributed by atoms with Crippen LogP contribution in [0.15, 0.2) is 71.4 Å². The molecule has 2 fully saturated rings. The maximum atomic E-state index is 5.82. The molecule has 1 saturated carbocycles. The molecule has 1 aliphatic heterocycles. The first-order valence-corrected chi connectivity index (χ1v) is 11.2. The van der Waals surface area contributed by atoms with Crippen LogP contribution in [-0.2, 0) is 0 Å². The van der Waals surface area contributed by atoms with E-state index in [0.717, 1.165) is 17.9 Å². The molecule has 0 amide bonds. The average Bonchev–Trinajstić information content (AvgIpc) is 3.48. The van der Waals surface area contributed by atoms with Crippen LogP contribution < -0.4 is 5.73 Å². The predicted molar refractivity (Wildman–Crippen MR) is 120 cm³/mol. The van der Waals surface area contributed by atoms with E-state index in [0.29, 0.717) is 11.9 Å². The monoisotopic (exact) mass is 405 g/mol. The zero-order chi connectivity index (χ0) is 20.1. The molecule has 1 atom stereocenters. The second-order valence-electron chi connectivity index (χ2n) is 7.46. The van der Waals surface area contributed by atoms with Crippen molar-refractivity contribution in [3.63, 3.8) is 0 Å². The molecular weight excluding hydrogens is 378 g/mol. The van der Waals surface area contributed by atoms with Crippen molar-refractivity contribution >= 4 is 17.3 Å². The van der Waals surface area contributed by atoms with Crippen molar-refractivity contribution in [2.45, 2.75) is 38.6 Å². The smallest absolute Gasteiger partial charge is 0.157 e. The first-order chi connectivity index (χ1) is 14.3. The molecule has 0 radical (unpaired) electrons. The Bertz CT molecular complexity index is 915. The summed E-state index contributed by atoms with van der Waals surface area (Å²) in [5.74, 6) is 1.46. The predicted octanol–water partition coefficient (Wildman–Crippen LogP) is 4.69. The first kappa shape index (κ1) is 19.7. The Morgan fingerprint density at radius 3 is 2.66 bits per heavy atom. The number of hydrogen-bond donors (Lipinski definition) is 1. The molecule has 150 valence electrons. The SMILES string of the molecule is C/C(=C\SCC(=CN)c1ncccn1)C(=C1CC1)N1CCCC1c1ccncc1.